The fraction of sp³-hybridized carbons (Fsp3) is 0.759. The summed E-state index contributed by atoms with van der Waals surface area (Å²) in [6, 6.07) is -1.11. The Bertz CT molecular complexity index is 1810. The zero-order valence-electron chi connectivity index (χ0n) is 43.0. The minimum Gasteiger partial charge on any atom is -0.460 e. The second-order valence-corrected chi connectivity index (χ2v) is 20.5. The normalized spacial score (nSPS) is 36.7. The summed E-state index contributed by atoms with van der Waals surface area (Å²) in [5.41, 5.74) is 1.37. The van der Waals surface area contributed by atoms with Crippen LogP contribution in [0.4, 0.5) is 0 Å². The number of nitrogens with zero attached hydrogens (tertiary/aromatic N) is 1. The van der Waals surface area contributed by atoms with E-state index in [1.807, 2.05) is 65.0 Å². The molecular weight excluding hydrogens is 871 g/mol. The largest absolute Gasteiger partial charge is 0.460 e. The van der Waals surface area contributed by atoms with E-state index in [1.54, 1.807) is 35.2 Å². The maximum absolute atomic E-state index is 14.5. The number of hydrogen-bond acceptors (Lipinski definition) is 13. The third-order valence-corrected chi connectivity index (χ3v) is 15.3. The van der Waals surface area contributed by atoms with E-state index in [4.69, 9.17) is 28.4 Å². The summed E-state index contributed by atoms with van der Waals surface area (Å²) < 4.78 is 35.9. The van der Waals surface area contributed by atoms with Gasteiger partial charge in [-0.3, -0.25) is 19.2 Å². The topological polar surface area (TPSA) is 184 Å². The van der Waals surface area contributed by atoms with Crippen LogP contribution in [-0.2, 0) is 52.4 Å². The SMILES string of the molecule is COC1C[C@@H]2CC[C@@H](C)[C@@](O)(O2)C(=O)C(=O)N2CCCC[C@H]2C(=O)OC([C@H](C)C[C@@H]2CC[C@@H](OCCO)[C@H](OC)C2)CC(=O)C(C)=CC(C)[C@@H](C)[C@@H](OC)C(=O)[C@H](C)C[C@H](C)C=CC=CC=C1C. The van der Waals surface area contributed by atoms with Crippen LogP contribution in [0.3, 0.4) is 0 Å². The highest BCUT2D eigenvalue weighted by Gasteiger charge is 2.53. The molecule has 0 aromatic carbocycles. The Labute approximate surface area is 406 Å². The highest BCUT2D eigenvalue weighted by atomic mass is 16.6. The monoisotopic (exact) mass is 956 g/mol. The number of fused-ring (bicyclic) bond motifs is 3. The van der Waals surface area contributed by atoms with Gasteiger partial charge in [0.05, 0.1) is 37.6 Å². The zero-order valence-corrected chi connectivity index (χ0v) is 43.0. The molecule has 0 aromatic rings. The van der Waals surface area contributed by atoms with Crippen LogP contribution in [0.2, 0.25) is 0 Å². The minimum atomic E-state index is -2.42. The summed E-state index contributed by atoms with van der Waals surface area (Å²) in [5, 5.41) is 21.3. The van der Waals surface area contributed by atoms with E-state index in [0.717, 1.165) is 18.4 Å². The molecule has 2 N–H and O–H groups in total. The molecule has 3 unspecified atom stereocenters. The van der Waals surface area contributed by atoms with Crippen LogP contribution in [0.1, 0.15) is 132 Å². The van der Waals surface area contributed by atoms with Gasteiger partial charge in [0.15, 0.2) is 11.6 Å². The molecule has 1 amide bonds. The Balaban J connectivity index is 1.70. The van der Waals surface area contributed by atoms with Crippen molar-refractivity contribution < 1.29 is 62.6 Å². The number of aliphatic hydroxyl groups is 2. The lowest BCUT2D eigenvalue weighted by molar-refractivity contribution is -0.265. The average Bonchev–Trinajstić information content (AvgIpc) is 3.32. The highest BCUT2D eigenvalue weighted by molar-refractivity contribution is 6.39. The molecule has 0 aromatic heterocycles. The fourth-order valence-electron chi connectivity index (χ4n) is 10.7. The van der Waals surface area contributed by atoms with Crippen LogP contribution < -0.4 is 0 Å². The van der Waals surface area contributed by atoms with Gasteiger partial charge in [0.2, 0.25) is 5.79 Å². The molecule has 0 radical (unpaired) electrons. The molecule has 3 fully saturated rings. The van der Waals surface area contributed by atoms with E-state index >= 15 is 0 Å². The van der Waals surface area contributed by atoms with Crippen molar-refractivity contribution in [2.75, 3.05) is 41.1 Å². The first-order valence-electron chi connectivity index (χ1n) is 25.3. The summed E-state index contributed by atoms with van der Waals surface area (Å²) in [6.07, 6.45) is 14.8. The third kappa shape index (κ3) is 15.3. The van der Waals surface area contributed by atoms with Crippen molar-refractivity contribution in [2.45, 2.75) is 181 Å². The molecule has 4 aliphatic rings. The standard InChI is InChI=1S/C54H85NO13/c1-33-17-13-12-14-18-34(2)46(63-9)31-42-22-20-39(7)54(62,68-42)51(59)52(60)55-24-16-15-19-43(55)53(61)67-47(37(5)29-41-21-23-45(66-26-25-56)48(30-41)64-10)32-44(57)36(4)28-35(3)40(8)50(65-11)49(58)38(6)27-33/h12-14,17-18,28,33,35,37-43,45-48,50,56,62H,15-16,19-27,29-32H2,1-11H3/t33-,35?,37-,38-,39-,40-,41+,42+,43+,45-,46?,47?,48-,50-,54-/m1/s1. The van der Waals surface area contributed by atoms with E-state index in [2.05, 4.69) is 13.0 Å². The summed E-state index contributed by atoms with van der Waals surface area (Å²) >= 11 is 0. The quantitative estimate of drug-likeness (QED) is 0.172. The number of ether oxygens (including phenoxy) is 6. The number of esters is 1. The average molecular weight is 956 g/mol. The van der Waals surface area contributed by atoms with Crippen molar-refractivity contribution in [2.24, 2.45) is 41.4 Å². The molecule has 68 heavy (non-hydrogen) atoms. The van der Waals surface area contributed by atoms with E-state index < -0.39 is 59.8 Å². The van der Waals surface area contributed by atoms with Crippen LogP contribution in [0.15, 0.2) is 47.6 Å². The summed E-state index contributed by atoms with van der Waals surface area (Å²) in [7, 11) is 4.78. The van der Waals surface area contributed by atoms with Gasteiger partial charge in [0.25, 0.3) is 11.7 Å². The second-order valence-electron chi connectivity index (χ2n) is 20.5. The van der Waals surface area contributed by atoms with Crippen LogP contribution in [-0.4, -0.2) is 134 Å². The first-order valence-corrected chi connectivity index (χ1v) is 25.3. The summed E-state index contributed by atoms with van der Waals surface area (Å²) in [6.45, 7) is 15.5. The number of carbonyl (C=O) groups is 5. The molecule has 0 spiro atoms. The predicted molar refractivity (Wildman–Crippen MR) is 259 cm³/mol. The lowest BCUT2D eigenvalue weighted by Crippen LogP contribution is -2.61. The number of amides is 1. The summed E-state index contributed by atoms with van der Waals surface area (Å²) in [4.78, 5) is 72.4. The lowest BCUT2D eigenvalue weighted by atomic mass is 9.78. The zero-order chi connectivity index (χ0) is 50.3. The molecule has 3 heterocycles. The van der Waals surface area contributed by atoms with Crippen LogP contribution in [0.25, 0.3) is 0 Å². The van der Waals surface area contributed by atoms with Gasteiger partial charge in [-0.25, -0.2) is 4.79 Å². The predicted octanol–water partition coefficient (Wildman–Crippen LogP) is 7.47. The number of ketones is 3. The maximum Gasteiger partial charge on any atom is 0.329 e. The Hall–Kier alpha value is -3.37. The second kappa shape index (κ2) is 27.3. The molecule has 2 saturated heterocycles. The fourth-order valence-corrected chi connectivity index (χ4v) is 10.7. The highest BCUT2D eigenvalue weighted by Crippen LogP contribution is 2.38. The van der Waals surface area contributed by atoms with Gasteiger partial charge in [-0.15, -0.1) is 0 Å². The molecule has 4 rings (SSSR count). The molecule has 3 aliphatic heterocycles. The van der Waals surface area contributed by atoms with E-state index in [9.17, 15) is 34.2 Å². The van der Waals surface area contributed by atoms with Gasteiger partial charge < -0.3 is 43.5 Å². The first kappa shape index (κ1) is 57.2. The Morgan fingerprint density at radius 3 is 2.26 bits per heavy atom. The van der Waals surface area contributed by atoms with Crippen molar-refractivity contribution in [3.63, 3.8) is 0 Å². The molecule has 1 aliphatic carbocycles. The van der Waals surface area contributed by atoms with E-state index in [1.165, 1.54) is 4.90 Å². The molecule has 15 atom stereocenters. The van der Waals surface area contributed by atoms with Gasteiger partial charge in [-0.05, 0) is 119 Å². The van der Waals surface area contributed by atoms with Crippen molar-refractivity contribution in [3.05, 3.63) is 47.6 Å². The number of hydrogen-bond donors (Lipinski definition) is 2. The van der Waals surface area contributed by atoms with E-state index in [-0.39, 0.29) is 91.9 Å². The number of Topliss-reactive ketones (excluding diaryl/α,β-unsaturated/α-hetero) is 3. The molecule has 1 saturated carbocycles. The Morgan fingerprint density at radius 1 is 0.853 bits per heavy atom. The maximum atomic E-state index is 14.5. The molecular formula is C54H85NO13. The van der Waals surface area contributed by atoms with Gasteiger partial charge in [0.1, 0.15) is 18.2 Å². The van der Waals surface area contributed by atoms with Gasteiger partial charge >= 0.3 is 5.97 Å². The van der Waals surface area contributed by atoms with Gasteiger partial charge in [-0.1, -0.05) is 78.0 Å². The van der Waals surface area contributed by atoms with E-state index in [0.29, 0.717) is 56.9 Å². The van der Waals surface area contributed by atoms with Crippen molar-refractivity contribution in [3.8, 4) is 0 Å². The number of carbonyl (C=O) groups excluding carboxylic acids is 5. The van der Waals surface area contributed by atoms with Crippen LogP contribution in [0, 0.1) is 41.4 Å². The van der Waals surface area contributed by atoms with Crippen molar-refractivity contribution in [1.29, 1.82) is 0 Å². The van der Waals surface area contributed by atoms with Crippen LogP contribution >= 0.6 is 0 Å². The number of methoxy groups -OCH3 is 3. The number of cyclic esters (lactones) is 1. The molecule has 14 nitrogen and oxygen atoms in total. The van der Waals surface area contributed by atoms with Crippen molar-refractivity contribution in [1.82, 2.24) is 4.90 Å². The van der Waals surface area contributed by atoms with Gasteiger partial charge in [-0.2, -0.15) is 0 Å². The van der Waals surface area contributed by atoms with Gasteiger partial charge in [0, 0.05) is 52.6 Å². The number of rotatable bonds is 9. The smallest absolute Gasteiger partial charge is 0.329 e. The Morgan fingerprint density at radius 2 is 1.59 bits per heavy atom. The number of piperidine rings is 1. The minimum absolute atomic E-state index is 0.00503. The lowest BCUT2D eigenvalue weighted by Gasteiger charge is -2.42. The summed E-state index contributed by atoms with van der Waals surface area (Å²) in [5.74, 6) is -6.94. The number of allylic oxidation sites excluding steroid dienone is 7. The Kier molecular flexibility index (Phi) is 23.0. The first-order chi connectivity index (χ1) is 32.3. The molecule has 384 valence electrons. The number of aliphatic hydroxyl groups excluding tert-OH is 1. The molecule has 14 heteroatoms. The van der Waals surface area contributed by atoms with Crippen molar-refractivity contribution >= 4 is 29.2 Å². The van der Waals surface area contributed by atoms with Crippen LogP contribution in [0.5, 0.6) is 0 Å². The molecule has 2 bridgehead atoms. The third-order valence-electron chi connectivity index (χ3n) is 15.3.